The van der Waals surface area contributed by atoms with E-state index in [1.165, 1.54) is 0 Å². The summed E-state index contributed by atoms with van der Waals surface area (Å²) >= 11 is 0. The van der Waals surface area contributed by atoms with Crippen LogP contribution in [-0.2, 0) is 4.74 Å². The second-order valence-electron chi connectivity index (χ2n) is 8.82. The van der Waals surface area contributed by atoms with Crippen LogP contribution in [0.4, 0.5) is 4.79 Å². The van der Waals surface area contributed by atoms with Gasteiger partial charge in [0.2, 0.25) is 0 Å². The quantitative estimate of drug-likeness (QED) is 0.673. The maximum atomic E-state index is 12.3. The summed E-state index contributed by atoms with van der Waals surface area (Å²) in [6.45, 7) is 6.85. The number of nitrogens with zero attached hydrogens (tertiary/aromatic N) is 4. The molecule has 3 aromatic rings. The molecule has 0 atom stereocenters. The number of amides is 1. The molecule has 0 saturated carbocycles. The van der Waals surface area contributed by atoms with Gasteiger partial charge in [0.05, 0.1) is 17.1 Å². The van der Waals surface area contributed by atoms with Crippen LogP contribution in [0.1, 0.15) is 50.0 Å². The van der Waals surface area contributed by atoms with Crippen molar-refractivity contribution in [2.75, 3.05) is 13.1 Å². The van der Waals surface area contributed by atoms with Gasteiger partial charge in [-0.05, 0) is 69.0 Å². The zero-order valence-corrected chi connectivity index (χ0v) is 17.9. The Hall–Kier alpha value is -3.42. The van der Waals surface area contributed by atoms with E-state index in [1.54, 1.807) is 29.2 Å². The fraction of sp³-hybridized carbons (Fsp3) is 0.391. The number of rotatable bonds is 3. The van der Waals surface area contributed by atoms with Gasteiger partial charge in [-0.25, -0.2) is 14.3 Å². The lowest BCUT2D eigenvalue weighted by molar-refractivity contribution is 0.0185. The molecule has 1 aliphatic heterocycles. The SMILES string of the molecule is CC(C)(C)OC(=O)N1CCC(n2nnc3cc(-c4ccc(C(=O)O)cc4)ccc32)CC1. The Morgan fingerprint density at radius 3 is 2.29 bits per heavy atom. The molecule has 1 fully saturated rings. The Balaban J connectivity index is 1.48. The molecule has 8 heteroatoms. The van der Waals surface area contributed by atoms with E-state index in [2.05, 4.69) is 10.3 Å². The Labute approximate surface area is 180 Å². The minimum absolute atomic E-state index is 0.171. The van der Waals surface area contributed by atoms with E-state index in [1.807, 2.05) is 43.7 Å². The first kappa shape index (κ1) is 20.8. The normalized spacial score (nSPS) is 15.3. The van der Waals surface area contributed by atoms with Crippen molar-refractivity contribution in [3.8, 4) is 11.1 Å². The Kier molecular flexibility index (Phi) is 5.39. The van der Waals surface area contributed by atoms with Crippen LogP contribution in [0.5, 0.6) is 0 Å². The summed E-state index contributed by atoms with van der Waals surface area (Å²) in [4.78, 5) is 25.1. The fourth-order valence-corrected chi connectivity index (χ4v) is 3.82. The van der Waals surface area contributed by atoms with Crippen LogP contribution in [0.25, 0.3) is 22.2 Å². The maximum Gasteiger partial charge on any atom is 0.410 e. The van der Waals surface area contributed by atoms with Gasteiger partial charge in [-0.3, -0.25) is 0 Å². The van der Waals surface area contributed by atoms with Crippen molar-refractivity contribution in [1.82, 2.24) is 19.9 Å². The highest BCUT2D eigenvalue weighted by Crippen LogP contribution is 2.29. The maximum absolute atomic E-state index is 12.3. The van der Waals surface area contributed by atoms with Crippen LogP contribution < -0.4 is 0 Å². The lowest BCUT2D eigenvalue weighted by Gasteiger charge is -2.33. The number of carbonyl (C=O) groups is 2. The zero-order chi connectivity index (χ0) is 22.2. The number of piperidine rings is 1. The number of benzene rings is 2. The molecule has 162 valence electrons. The lowest BCUT2D eigenvalue weighted by atomic mass is 10.0. The smallest absolute Gasteiger partial charge is 0.410 e. The van der Waals surface area contributed by atoms with Crippen LogP contribution in [0, 0.1) is 0 Å². The van der Waals surface area contributed by atoms with Crippen LogP contribution in [0.3, 0.4) is 0 Å². The van der Waals surface area contributed by atoms with Gasteiger partial charge in [0.1, 0.15) is 11.1 Å². The number of hydrogen-bond acceptors (Lipinski definition) is 5. The van der Waals surface area contributed by atoms with E-state index in [0.717, 1.165) is 35.0 Å². The molecule has 31 heavy (non-hydrogen) atoms. The number of carboxylic acid groups (broad SMARTS) is 1. The van der Waals surface area contributed by atoms with Gasteiger partial charge in [-0.15, -0.1) is 5.10 Å². The molecule has 0 bridgehead atoms. The van der Waals surface area contributed by atoms with Crippen molar-refractivity contribution in [3.05, 3.63) is 48.0 Å². The average Bonchev–Trinajstić information content (AvgIpc) is 3.16. The highest BCUT2D eigenvalue weighted by molar-refractivity contribution is 5.89. The standard InChI is InChI=1S/C23H26N4O4/c1-23(2,3)31-22(30)26-12-10-18(11-13-26)27-20-9-8-17(14-19(20)24-25-27)15-4-6-16(7-5-15)21(28)29/h4-9,14,18H,10-13H2,1-3H3,(H,28,29). The van der Waals surface area contributed by atoms with E-state index >= 15 is 0 Å². The molecular weight excluding hydrogens is 396 g/mol. The molecule has 4 rings (SSSR count). The van der Waals surface area contributed by atoms with Crippen LogP contribution in [0.2, 0.25) is 0 Å². The van der Waals surface area contributed by atoms with E-state index < -0.39 is 11.6 Å². The average molecular weight is 422 g/mol. The topological polar surface area (TPSA) is 97.5 Å². The number of fused-ring (bicyclic) bond motifs is 1. The summed E-state index contributed by atoms with van der Waals surface area (Å²) in [5.41, 5.74) is 3.37. The minimum atomic E-state index is -0.942. The first-order valence-electron chi connectivity index (χ1n) is 10.4. The van der Waals surface area contributed by atoms with Gasteiger partial charge in [0.15, 0.2) is 0 Å². The minimum Gasteiger partial charge on any atom is -0.478 e. The predicted molar refractivity (Wildman–Crippen MR) is 116 cm³/mol. The Morgan fingerprint density at radius 1 is 1.03 bits per heavy atom. The third kappa shape index (κ3) is 4.52. The summed E-state index contributed by atoms with van der Waals surface area (Å²) < 4.78 is 7.41. The van der Waals surface area contributed by atoms with Crippen molar-refractivity contribution in [1.29, 1.82) is 0 Å². The molecular formula is C23H26N4O4. The van der Waals surface area contributed by atoms with Gasteiger partial charge >= 0.3 is 12.1 Å². The van der Waals surface area contributed by atoms with Gasteiger partial charge < -0.3 is 14.7 Å². The summed E-state index contributed by atoms with van der Waals surface area (Å²) in [5, 5.41) is 17.8. The number of carboxylic acids is 1. The number of hydrogen-bond donors (Lipinski definition) is 1. The van der Waals surface area contributed by atoms with Crippen LogP contribution in [-0.4, -0.2) is 55.8 Å². The molecule has 1 aromatic heterocycles. The van der Waals surface area contributed by atoms with Gasteiger partial charge in [0.25, 0.3) is 0 Å². The Bertz CT molecular complexity index is 1110. The van der Waals surface area contributed by atoms with E-state index in [-0.39, 0.29) is 17.7 Å². The van der Waals surface area contributed by atoms with Crippen molar-refractivity contribution >= 4 is 23.1 Å². The zero-order valence-electron chi connectivity index (χ0n) is 17.9. The Morgan fingerprint density at radius 2 is 1.68 bits per heavy atom. The number of aromatic carboxylic acids is 1. The number of carbonyl (C=O) groups excluding carboxylic acids is 1. The van der Waals surface area contributed by atoms with Crippen LogP contribution in [0.15, 0.2) is 42.5 Å². The van der Waals surface area contributed by atoms with Crippen LogP contribution >= 0.6 is 0 Å². The van der Waals surface area contributed by atoms with Gasteiger partial charge in [0, 0.05) is 13.1 Å². The molecule has 1 N–H and O–H groups in total. The fourth-order valence-electron chi connectivity index (χ4n) is 3.82. The number of ether oxygens (including phenoxy) is 1. The largest absolute Gasteiger partial charge is 0.478 e. The number of aromatic nitrogens is 3. The first-order valence-corrected chi connectivity index (χ1v) is 10.4. The summed E-state index contributed by atoms with van der Waals surface area (Å²) in [6.07, 6.45) is 1.31. The van der Waals surface area contributed by atoms with E-state index in [4.69, 9.17) is 9.84 Å². The molecule has 0 radical (unpaired) electrons. The lowest BCUT2D eigenvalue weighted by Crippen LogP contribution is -2.42. The van der Waals surface area contributed by atoms with Crippen molar-refractivity contribution in [2.45, 2.75) is 45.3 Å². The van der Waals surface area contributed by atoms with E-state index in [9.17, 15) is 9.59 Å². The van der Waals surface area contributed by atoms with Gasteiger partial charge in [-0.1, -0.05) is 23.4 Å². The highest BCUT2D eigenvalue weighted by Gasteiger charge is 2.28. The second-order valence-corrected chi connectivity index (χ2v) is 8.82. The van der Waals surface area contributed by atoms with Gasteiger partial charge in [-0.2, -0.15) is 0 Å². The molecule has 0 aliphatic carbocycles. The summed E-state index contributed by atoms with van der Waals surface area (Å²) in [6, 6.07) is 12.9. The molecule has 0 unspecified atom stereocenters. The molecule has 1 aliphatic rings. The van der Waals surface area contributed by atoms with Crippen molar-refractivity contribution < 1.29 is 19.4 Å². The predicted octanol–water partition coefficient (Wildman–Crippen LogP) is 4.37. The molecule has 0 spiro atoms. The second kappa shape index (κ2) is 8.02. The summed E-state index contributed by atoms with van der Waals surface area (Å²) in [7, 11) is 0. The van der Waals surface area contributed by atoms with Crippen molar-refractivity contribution in [3.63, 3.8) is 0 Å². The third-order valence-corrected chi connectivity index (χ3v) is 5.40. The van der Waals surface area contributed by atoms with E-state index in [0.29, 0.717) is 13.1 Å². The monoisotopic (exact) mass is 422 g/mol. The number of likely N-dealkylation sites (tertiary alicyclic amines) is 1. The summed E-state index contributed by atoms with van der Waals surface area (Å²) in [5.74, 6) is -0.942. The highest BCUT2D eigenvalue weighted by atomic mass is 16.6. The molecule has 1 amide bonds. The molecule has 1 saturated heterocycles. The van der Waals surface area contributed by atoms with Crippen molar-refractivity contribution in [2.24, 2.45) is 0 Å². The third-order valence-electron chi connectivity index (χ3n) is 5.40. The molecule has 8 nitrogen and oxygen atoms in total. The first-order chi connectivity index (χ1) is 14.7. The molecule has 2 aromatic carbocycles. The molecule has 2 heterocycles.